The highest BCUT2D eigenvalue weighted by Crippen LogP contribution is 2.30. The number of sulfonamides is 1. The van der Waals surface area contributed by atoms with Crippen LogP contribution in [-0.2, 0) is 10.0 Å². The molecule has 8 nitrogen and oxygen atoms in total. The molecule has 0 saturated carbocycles. The minimum atomic E-state index is -3.88. The molecule has 0 fully saturated rings. The van der Waals surface area contributed by atoms with Crippen LogP contribution in [0.2, 0.25) is 0 Å². The van der Waals surface area contributed by atoms with Crippen molar-refractivity contribution in [1.29, 1.82) is 0 Å². The molecule has 2 aromatic heterocycles. The number of carbonyl (C=O) groups is 1. The number of rotatable bonds is 6. The molecule has 0 saturated heterocycles. The van der Waals surface area contributed by atoms with E-state index in [1.165, 1.54) is 12.1 Å². The summed E-state index contributed by atoms with van der Waals surface area (Å²) in [6, 6.07) is 24.8. The van der Waals surface area contributed by atoms with Gasteiger partial charge in [-0.05, 0) is 56.7 Å². The van der Waals surface area contributed by atoms with E-state index >= 15 is 0 Å². The van der Waals surface area contributed by atoms with Gasteiger partial charge in [0.25, 0.3) is 15.9 Å². The molecule has 5 rings (SSSR count). The standard InChI is InChI=1S/C29H25N5O3S/c1-18-17-26(31-20(3)30-18)34-38(36,37)23-15-13-22(14-16-23)32-29(35)27-19(2)28(21-9-5-4-6-10-21)33-25-12-8-7-11-24(25)27/h4-17H,1-3H3,(H,32,35)(H,30,31,34). The van der Waals surface area contributed by atoms with Crippen LogP contribution in [0.4, 0.5) is 11.5 Å². The van der Waals surface area contributed by atoms with E-state index in [9.17, 15) is 13.2 Å². The maximum Gasteiger partial charge on any atom is 0.263 e. The van der Waals surface area contributed by atoms with Crippen molar-refractivity contribution in [2.24, 2.45) is 0 Å². The first-order valence-corrected chi connectivity index (χ1v) is 13.4. The molecule has 0 spiro atoms. The number of amides is 1. The third-order valence-electron chi connectivity index (χ3n) is 6.04. The SMILES string of the molecule is Cc1cc(NS(=O)(=O)c2ccc(NC(=O)c3c(C)c(-c4ccccc4)nc4ccccc34)cc2)nc(C)n1. The molecule has 2 heterocycles. The van der Waals surface area contributed by atoms with E-state index in [2.05, 4.69) is 20.0 Å². The molecule has 0 atom stereocenters. The predicted molar refractivity (Wildman–Crippen MR) is 149 cm³/mol. The zero-order chi connectivity index (χ0) is 26.9. The van der Waals surface area contributed by atoms with Crippen molar-refractivity contribution in [3.63, 3.8) is 0 Å². The van der Waals surface area contributed by atoms with Gasteiger partial charge in [0.1, 0.15) is 11.6 Å². The molecule has 190 valence electrons. The molecule has 0 unspecified atom stereocenters. The Morgan fingerprint density at radius 1 is 0.789 bits per heavy atom. The minimum absolute atomic E-state index is 0.0429. The topological polar surface area (TPSA) is 114 Å². The number of anilines is 2. The summed E-state index contributed by atoms with van der Waals surface area (Å²) in [5.74, 6) is 0.357. The van der Waals surface area contributed by atoms with E-state index in [0.29, 0.717) is 28.3 Å². The molecule has 0 aliphatic carbocycles. The van der Waals surface area contributed by atoms with Crippen molar-refractivity contribution in [2.45, 2.75) is 25.7 Å². The van der Waals surface area contributed by atoms with Crippen molar-refractivity contribution in [1.82, 2.24) is 15.0 Å². The van der Waals surface area contributed by atoms with Crippen LogP contribution in [0.1, 0.15) is 27.4 Å². The lowest BCUT2D eigenvalue weighted by Crippen LogP contribution is -2.16. The minimum Gasteiger partial charge on any atom is -0.322 e. The Kier molecular flexibility index (Phi) is 6.61. The second kappa shape index (κ2) is 10.0. The maximum absolute atomic E-state index is 13.5. The van der Waals surface area contributed by atoms with Crippen LogP contribution in [0.5, 0.6) is 0 Å². The molecule has 0 aliphatic heterocycles. The van der Waals surface area contributed by atoms with Gasteiger partial charge in [0, 0.05) is 28.4 Å². The lowest BCUT2D eigenvalue weighted by Gasteiger charge is -2.15. The number of para-hydroxylation sites is 1. The van der Waals surface area contributed by atoms with Gasteiger partial charge in [0.15, 0.2) is 0 Å². The molecule has 38 heavy (non-hydrogen) atoms. The highest BCUT2D eigenvalue weighted by atomic mass is 32.2. The van der Waals surface area contributed by atoms with Crippen LogP contribution in [0.15, 0.2) is 89.8 Å². The van der Waals surface area contributed by atoms with Crippen LogP contribution in [0.3, 0.4) is 0 Å². The van der Waals surface area contributed by atoms with E-state index < -0.39 is 10.0 Å². The molecule has 0 radical (unpaired) electrons. The molecule has 1 amide bonds. The average molecular weight is 524 g/mol. The van der Waals surface area contributed by atoms with Crippen molar-refractivity contribution >= 4 is 38.3 Å². The van der Waals surface area contributed by atoms with Gasteiger partial charge in [-0.25, -0.2) is 23.4 Å². The zero-order valence-corrected chi connectivity index (χ0v) is 21.9. The lowest BCUT2D eigenvalue weighted by atomic mass is 9.97. The van der Waals surface area contributed by atoms with E-state index in [4.69, 9.17) is 4.98 Å². The lowest BCUT2D eigenvalue weighted by molar-refractivity contribution is 0.102. The quantitative estimate of drug-likeness (QED) is 0.296. The summed E-state index contributed by atoms with van der Waals surface area (Å²) in [7, 11) is -3.88. The summed E-state index contributed by atoms with van der Waals surface area (Å²) in [5, 5.41) is 3.65. The van der Waals surface area contributed by atoms with Crippen LogP contribution in [-0.4, -0.2) is 29.3 Å². The first kappa shape index (κ1) is 25.0. The first-order chi connectivity index (χ1) is 18.2. The predicted octanol–water partition coefficient (Wildman–Crippen LogP) is 5.67. The van der Waals surface area contributed by atoms with Crippen LogP contribution in [0, 0.1) is 20.8 Å². The average Bonchev–Trinajstić information content (AvgIpc) is 2.88. The fraction of sp³-hybridized carbons (Fsp3) is 0.103. The van der Waals surface area contributed by atoms with Gasteiger partial charge in [0.05, 0.1) is 21.7 Å². The summed E-state index contributed by atoms with van der Waals surface area (Å²) in [6.45, 7) is 5.34. The smallest absolute Gasteiger partial charge is 0.263 e. The number of nitrogens with zero attached hydrogens (tertiary/aromatic N) is 3. The number of pyridine rings is 1. The van der Waals surface area contributed by atoms with E-state index in [-0.39, 0.29) is 16.6 Å². The molecular formula is C29H25N5O3S. The van der Waals surface area contributed by atoms with Gasteiger partial charge in [-0.1, -0.05) is 48.5 Å². The third kappa shape index (κ3) is 5.09. The number of hydrogen-bond donors (Lipinski definition) is 2. The van der Waals surface area contributed by atoms with E-state index in [1.54, 1.807) is 32.0 Å². The Morgan fingerprint density at radius 3 is 2.18 bits per heavy atom. The summed E-state index contributed by atoms with van der Waals surface area (Å²) < 4.78 is 28.2. The second-order valence-electron chi connectivity index (χ2n) is 8.87. The molecule has 5 aromatic rings. The number of fused-ring (bicyclic) bond motifs is 1. The van der Waals surface area contributed by atoms with Crippen molar-refractivity contribution in [3.05, 3.63) is 108 Å². The largest absolute Gasteiger partial charge is 0.322 e. The van der Waals surface area contributed by atoms with Gasteiger partial charge < -0.3 is 5.32 Å². The Bertz CT molecular complexity index is 1750. The van der Waals surface area contributed by atoms with Gasteiger partial charge in [0.2, 0.25) is 0 Å². The number of benzene rings is 3. The van der Waals surface area contributed by atoms with Crippen LogP contribution < -0.4 is 10.0 Å². The number of aromatic nitrogens is 3. The number of aryl methyl sites for hydroxylation is 2. The number of nitrogens with one attached hydrogen (secondary N) is 2. The zero-order valence-electron chi connectivity index (χ0n) is 21.1. The first-order valence-electron chi connectivity index (χ1n) is 11.9. The third-order valence-corrected chi connectivity index (χ3v) is 7.41. The molecule has 2 N–H and O–H groups in total. The van der Waals surface area contributed by atoms with Gasteiger partial charge >= 0.3 is 0 Å². The molecular weight excluding hydrogens is 498 g/mol. The van der Waals surface area contributed by atoms with Crippen molar-refractivity contribution in [2.75, 3.05) is 10.0 Å². The normalized spacial score (nSPS) is 11.3. The van der Waals surface area contributed by atoms with Crippen LogP contribution >= 0.6 is 0 Å². The Balaban J connectivity index is 1.44. The number of hydrogen-bond acceptors (Lipinski definition) is 6. The molecule has 3 aromatic carbocycles. The molecule has 0 bridgehead atoms. The fourth-order valence-electron chi connectivity index (χ4n) is 4.35. The monoisotopic (exact) mass is 523 g/mol. The summed E-state index contributed by atoms with van der Waals surface area (Å²) in [4.78, 5) is 26.7. The Morgan fingerprint density at radius 2 is 1.47 bits per heavy atom. The van der Waals surface area contributed by atoms with E-state index in [1.807, 2.05) is 61.5 Å². The summed E-state index contributed by atoms with van der Waals surface area (Å²) >= 11 is 0. The number of carbonyl (C=O) groups excluding carboxylic acids is 1. The highest BCUT2D eigenvalue weighted by Gasteiger charge is 2.20. The Hall–Kier alpha value is -4.63. The van der Waals surface area contributed by atoms with Crippen molar-refractivity contribution in [3.8, 4) is 11.3 Å². The molecule has 0 aliphatic rings. The van der Waals surface area contributed by atoms with Gasteiger partial charge in [-0.15, -0.1) is 0 Å². The van der Waals surface area contributed by atoms with Crippen molar-refractivity contribution < 1.29 is 13.2 Å². The van der Waals surface area contributed by atoms with Gasteiger partial charge in [-0.2, -0.15) is 0 Å². The summed E-state index contributed by atoms with van der Waals surface area (Å²) in [5.41, 5.74) is 4.75. The highest BCUT2D eigenvalue weighted by molar-refractivity contribution is 7.92. The van der Waals surface area contributed by atoms with Gasteiger partial charge in [-0.3, -0.25) is 9.52 Å². The Labute approximate surface area is 220 Å². The molecule has 9 heteroatoms. The fourth-order valence-corrected chi connectivity index (χ4v) is 5.35. The maximum atomic E-state index is 13.5. The second-order valence-corrected chi connectivity index (χ2v) is 10.6. The summed E-state index contributed by atoms with van der Waals surface area (Å²) in [6.07, 6.45) is 0. The van der Waals surface area contributed by atoms with Crippen LogP contribution in [0.25, 0.3) is 22.2 Å². The van der Waals surface area contributed by atoms with E-state index in [0.717, 1.165) is 22.2 Å².